The van der Waals surface area contributed by atoms with Gasteiger partial charge in [-0.2, -0.15) is 0 Å². The maximum atomic E-state index is 13.4. The number of benzene rings is 1. The molecule has 1 aromatic carbocycles. The van der Waals surface area contributed by atoms with E-state index in [0.29, 0.717) is 17.2 Å². The third-order valence-corrected chi connectivity index (χ3v) is 5.47. The smallest absolute Gasteiger partial charge is 0.225 e. The number of imidazole rings is 1. The number of hydrogen-bond acceptors (Lipinski definition) is 2. The van der Waals surface area contributed by atoms with Gasteiger partial charge in [0.05, 0.1) is 11.9 Å². The minimum Gasteiger partial charge on any atom is -0.342 e. The number of aromatic amines is 1. The van der Waals surface area contributed by atoms with Gasteiger partial charge >= 0.3 is 0 Å². The summed E-state index contributed by atoms with van der Waals surface area (Å²) in [4.78, 5) is 22.0. The normalized spacial score (nSPS) is 19.0. The summed E-state index contributed by atoms with van der Waals surface area (Å²) in [5.74, 6) is -0.0322. The molecular formula is C19H21F2N3O. The Kier molecular flexibility index (Phi) is 4.27. The number of carbonyl (C=O) groups excluding carboxylic acids is 1. The number of likely N-dealkylation sites (tertiary alicyclic amines) is 1. The molecule has 1 N–H and O–H groups in total. The number of halogens is 2. The summed E-state index contributed by atoms with van der Waals surface area (Å²) >= 11 is 0. The number of piperidine rings is 1. The van der Waals surface area contributed by atoms with Crippen molar-refractivity contribution in [2.45, 2.75) is 38.0 Å². The molecule has 6 heteroatoms. The van der Waals surface area contributed by atoms with Crippen molar-refractivity contribution in [1.82, 2.24) is 14.9 Å². The van der Waals surface area contributed by atoms with Crippen LogP contribution in [-0.4, -0.2) is 33.9 Å². The summed E-state index contributed by atoms with van der Waals surface area (Å²) < 4.78 is 26.5. The van der Waals surface area contributed by atoms with Crippen LogP contribution in [0.3, 0.4) is 0 Å². The molecule has 1 aliphatic heterocycles. The van der Waals surface area contributed by atoms with Gasteiger partial charge in [0.15, 0.2) is 11.6 Å². The van der Waals surface area contributed by atoms with E-state index >= 15 is 0 Å². The van der Waals surface area contributed by atoms with E-state index in [1.807, 2.05) is 4.90 Å². The van der Waals surface area contributed by atoms with Crippen molar-refractivity contribution in [2.75, 3.05) is 13.1 Å². The average Bonchev–Trinajstić information content (AvgIpc) is 3.06. The fourth-order valence-electron chi connectivity index (χ4n) is 3.64. The van der Waals surface area contributed by atoms with Crippen LogP contribution in [0.2, 0.25) is 0 Å². The third-order valence-electron chi connectivity index (χ3n) is 5.47. The summed E-state index contributed by atoms with van der Waals surface area (Å²) in [6.07, 6.45) is 6.66. The fourth-order valence-corrected chi connectivity index (χ4v) is 3.64. The van der Waals surface area contributed by atoms with E-state index in [-0.39, 0.29) is 11.8 Å². The molecule has 1 aromatic heterocycles. The molecule has 1 saturated heterocycles. The first kappa shape index (κ1) is 16.2. The van der Waals surface area contributed by atoms with Gasteiger partial charge in [0.1, 0.15) is 5.82 Å². The maximum absolute atomic E-state index is 13.4. The van der Waals surface area contributed by atoms with Gasteiger partial charge in [0.2, 0.25) is 5.91 Å². The van der Waals surface area contributed by atoms with Crippen molar-refractivity contribution in [3.8, 4) is 11.3 Å². The molecule has 4 nitrogen and oxygen atoms in total. The Hall–Kier alpha value is -2.24. The predicted molar refractivity (Wildman–Crippen MR) is 89.8 cm³/mol. The molecule has 2 aromatic rings. The first-order chi connectivity index (χ1) is 12.1. The van der Waals surface area contributed by atoms with Crippen molar-refractivity contribution in [1.29, 1.82) is 0 Å². The highest BCUT2D eigenvalue weighted by Crippen LogP contribution is 2.32. The van der Waals surface area contributed by atoms with E-state index in [2.05, 4.69) is 9.97 Å². The van der Waals surface area contributed by atoms with Crippen LogP contribution in [0, 0.1) is 17.6 Å². The number of nitrogens with zero attached hydrogens (tertiary/aromatic N) is 2. The van der Waals surface area contributed by atoms with Crippen LogP contribution in [-0.2, 0) is 4.79 Å². The number of amides is 1. The lowest BCUT2D eigenvalue weighted by molar-refractivity contribution is -0.139. The highest BCUT2D eigenvalue weighted by atomic mass is 19.2. The van der Waals surface area contributed by atoms with E-state index in [1.165, 1.54) is 18.6 Å². The van der Waals surface area contributed by atoms with Crippen LogP contribution in [0.15, 0.2) is 24.4 Å². The summed E-state index contributed by atoms with van der Waals surface area (Å²) in [5.41, 5.74) is 1.26. The van der Waals surface area contributed by atoms with E-state index in [4.69, 9.17) is 0 Å². The van der Waals surface area contributed by atoms with E-state index in [1.54, 1.807) is 6.20 Å². The largest absolute Gasteiger partial charge is 0.342 e. The average molecular weight is 345 g/mol. The van der Waals surface area contributed by atoms with Crippen molar-refractivity contribution in [3.05, 3.63) is 41.9 Å². The zero-order valence-electron chi connectivity index (χ0n) is 14.0. The minimum atomic E-state index is -0.864. The molecule has 0 spiro atoms. The predicted octanol–water partition coefficient (Wildman–Crippen LogP) is 3.86. The van der Waals surface area contributed by atoms with Crippen molar-refractivity contribution in [3.63, 3.8) is 0 Å². The monoisotopic (exact) mass is 345 g/mol. The van der Waals surface area contributed by atoms with Crippen molar-refractivity contribution < 1.29 is 13.6 Å². The van der Waals surface area contributed by atoms with Gasteiger partial charge in [-0.25, -0.2) is 13.8 Å². The molecule has 0 bridgehead atoms. The second kappa shape index (κ2) is 6.58. The first-order valence-electron chi connectivity index (χ1n) is 8.91. The molecule has 2 fully saturated rings. The molecule has 0 radical (unpaired) electrons. The topological polar surface area (TPSA) is 49.0 Å². The van der Waals surface area contributed by atoms with E-state index in [0.717, 1.165) is 50.7 Å². The number of carbonyl (C=O) groups is 1. The summed E-state index contributed by atoms with van der Waals surface area (Å²) in [6, 6.07) is 3.83. The van der Waals surface area contributed by atoms with Crippen molar-refractivity contribution >= 4 is 5.91 Å². The molecule has 0 unspecified atom stereocenters. The molecule has 132 valence electrons. The molecule has 4 rings (SSSR count). The zero-order chi connectivity index (χ0) is 17.4. The molecule has 1 aliphatic carbocycles. The van der Waals surface area contributed by atoms with E-state index < -0.39 is 11.6 Å². The van der Waals surface area contributed by atoms with Gasteiger partial charge in [-0.15, -0.1) is 0 Å². The summed E-state index contributed by atoms with van der Waals surface area (Å²) in [7, 11) is 0. The van der Waals surface area contributed by atoms with Crippen LogP contribution >= 0.6 is 0 Å². The van der Waals surface area contributed by atoms with Crippen molar-refractivity contribution in [2.24, 2.45) is 5.92 Å². The SMILES string of the molecule is O=C(C1CCC1)N1CCC(c2ncc(-c3ccc(F)c(F)c3)[nH]2)CC1. The highest BCUT2D eigenvalue weighted by Gasteiger charge is 2.32. The number of hydrogen-bond donors (Lipinski definition) is 1. The lowest BCUT2D eigenvalue weighted by Crippen LogP contribution is -2.43. The molecule has 2 heterocycles. The third kappa shape index (κ3) is 3.17. The standard InChI is InChI=1S/C19H21F2N3O/c20-15-5-4-14(10-16(15)21)17-11-22-18(23-17)12-6-8-24(9-7-12)19(25)13-2-1-3-13/h4-5,10-13H,1-3,6-9H2,(H,22,23). The zero-order valence-corrected chi connectivity index (χ0v) is 14.0. The lowest BCUT2D eigenvalue weighted by atomic mass is 9.83. The number of nitrogens with one attached hydrogen (secondary N) is 1. The van der Waals surface area contributed by atoms with Crippen LogP contribution in [0.5, 0.6) is 0 Å². The van der Waals surface area contributed by atoms with Gasteiger partial charge in [0.25, 0.3) is 0 Å². The Morgan fingerprint density at radius 2 is 1.88 bits per heavy atom. The quantitative estimate of drug-likeness (QED) is 0.918. The molecule has 1 amide bonds. The van der Waals surface area contributed by atoms with E-state index in [9.17, 15) is 13.6 Å². The molecular weight excluding hydrogens is 324 g/mol. The van der Waals surface area contributed by atoms with Gasteiger partial charge in [-0.3, -0.25) is 4.79 Å². The van der Waals surface area contributed by atoms with Crippen LogP contribution in [0.1, 0.15) is 43.8 Å². The molecule has 2 aliphatic rings. The van der Waals surface area contributed by atoms with Crippen LogP contribution in [0.4, 0.5) is 8.78 Å². The fraction of sp³-hybridized carbons (Fsp3) is 0.474. The number of rotatable bonds is 3. The Morgan fingerprint density at radius 3 is 2.52 bits per heavy atom. The lowest BCUT2D eigenvalue weighted by Gasteiger charge is -2.36. The Morgan fingerprint density at radius 1 is 1.12 bits per heavy atom. The first-order valence-corrected chi connectivity index (χ1v) is 8.91. The highest BCUT2D eigenvalue weighted by molar-refractivity contribution is 5.79. The second-order valence-corrected chi connectivity index (χ2v) is 7.04. The Bertz CT molecular complexity index is 777. The molecule has 0 atom stereocenters. The molecule has 1 saturated carbocycles. The second-order valence-electron chi connectivity index (χ2n) is 7.04. The van der Waals surface area contributed by atoms with Crippen LogP contribution in [0.25, 0.3) is 11.3 Å². The maximum Gasteiger partial charge on any atom is 0.225 e. The van der Waals surface area contributed by atoms with Gasteiger partial charge in [-0.1, -0.05) is 6.42 Å². The summed E-state index contributed by atoms with van der Waals surface area (Å²) in [6.45, 7) is 1.53. The minimum absolute atomic E-state index is 0.250. The molecule has 25 heavy (non-hydrogen) atoms. The number of aromatic nitrogens is 2. The Labute approximate surface area is 145 Å². The van der Waals surface area contributed by atoms with Crippen LogP contribution < -0.4 is 0 Å². The Balaban J connectivity index is 1.41. The number of H-pyrrole nitrogens is 1. The van der Waals surface area contributed by atoms with Gasteiger partial charge < -0.3 is 9.88 Å². The summed E-state index contributed by atoms with van der Waals surface area (Å²) in [5, 5.41) is 0. The van der Waals surface area contributed by atoms with Gasteiger partial charge in [-0.05, 0) is 43.9 Å². The van der Waals surface area contributed by atoms with Gasteiger partial charge in [0, 0.05) is 30.5 Å².